The van der Waals surface area contributed by atoms with Crippen molar-refractivity contribution in [1.29, 1.82) is 5.26 Å². The Kier molecular flexibility index (Phi) is 6.86. The molecule has 0 spiro atoms. The van der Waals surface area contributed by atoms with Crippen molar-refractivity contribution in [3.63, 3.8) is 0 Å². The van der Waals surface area contributed by atoms with Gasteiger partial charge in [-0.3, -0.25) is 9.69 Å². The molecule has 2 rings (SSSR count). The first-order valence-corrected chi connectivity index (χ1v) is 8.66. The van der Waals surface area contributed by atoms with Gasteiger partial charge in [0, 0.05) is 37.8 Å². The smallest absolute Gasteiger partial charge is 0.405 e. The van der Waals surface area contributed by atoms with Crippen LogP contribution in [0.15, 0.2) is 30.3 Å². The number of piperazine rings is 1. The Bertz CT molecular complexity index is 718. The van der Waals surface area contributed by atoms with Crippen LogP contribution in [-0.2, 0) is 4.79 Å². The molecule has 1 heterocycles. The third-order valence-corrected chi connectivity index (χ3v) is 4.33. The van der Waals surface area contributed by atoms with Crippen molar-refractivity contribution < 1.29 is 22.7 Å². The van der Waals surface area contributed by atoms with Crippen LogP contribution in [0.4, 0.5) is 13.2 Å². The Morgan fingerprint density at radius 3 is 2.41 bits per heavy atom. The van der Waals surface area contributed by atoms with Crippen LogP contribution in [0.5, 0.6) is 5.75 Å². The van der Waals surface area contributed by atoms with Crippen LogP contribution >= 0.6 is 0 Å². The van der Waals surface area contributed by atoms with Gasteiger partial charge < -0.3 is 9.64 Å². The van der Waals surface area contributed by atoms with Crippen molar-refractivity contribution in [1.82, 2.24) is 9.80 Å². The summed E-state index contributed by atoms with van der Waals surface area (Å²) in [6, 6.07) is 7.74. The minimum absolute atomic E-state index is 0.172. The highest BCUT2D eigenvalue weighted by atomic mass is 19.4. The van der Waals surface area contributed by atoms with E-state index in [9.17, 15) is 23.2 Å². The summed E-state index contributed by atoms with van der Waals surface area (Å²) in [6.45, 7) is 6.07. The standard InChI is InChI=1S/C19H22F3N3O2/c1-14(2)16(13-23)24-9-11-25(12-10-24)18(26)8-7-15-5-3-4-6-17(15)27-19(20,21)22/h3-8,14,16H,9-12H2,1-2H3/b8-7+. The van der Waals surface area contributed by atoms with Gasteiger partial charge in [-0.05, 0) is 18.1 Å². The molecule has 0 aliphatic carbocycles. The van der Waals surface area contributed by atoms with E-state index in [4.69, 9.17) is 0 Å². The summed E-state index contributed by atoms with van der Waals surface area (Å²) in [5.41, 5.74) is 0.172. The number of carbonyl (C=O) groups is 1. The summed E-state index contributed by atoms with van der Waals surface area (Å²) in [5.74, 6) is -0.440. The summed E-state index contributed by atoms with van der Waals surface area (Å²) < 4.78 is 41.3. The van der Waals surface area contributed by atoms with Crippen LogP contribution in [0.1, 0.15) is 19.4 Å². The third kappa shape index (κ3) is 6.00. The van der Waals surface area contributed by atoms with Crippen LogP contribution in [0.2, 0.25) is 0 Å². The monoisotopic (exact) mass is 381 g/mol. The topological polar surface area (TPSA) is 56.6 Å². The molecule has 1 aliphatic rings. The number of alkyl halides is 3. The van der Waals surface area contributed by atoms with E-state index in [1.54, 1.807) is 11.0 Å². The minimum Gasteiger partial charge on any atom is -0.405 e. The van der Waals surface area contributed by atoms with Gasteiger partial charge in [0.2, 0.25) is 5.91 Å². The van der Waals surface area contributed by atoms with Crippen molar-refractivity contribution in [2.75, 3.05) is 26.2 Å². The Balaban J connectivity index is 1.98. The molecule has 1 atom stereocenters. The van der Waals surface area contributed by atoms with E-state index in [0.717, 1.165) is 0 Å². The van der Waals surface area contributed by atoms with E-state index in [-0.39, 0.29) is 29.2 Å². The van der Waals surface area contributed by atoms with Gasteiger partial charge in [-0.15, -0.1) is 13.2 Å². The van der Waals surface area contributed by atoms with Crippen molar-refractivity contribution in [2.45, 2.75) is 26.3 Å². The highest BCUT2D eigenvalue weighted by Gasteiger charge is 2.32. The fourth-order valence-corrected chi connectivity index (χ4v) is 2.98. The van der Waals surface area contributed by atoms with E-state index in [1.165, 1.54) is 30.4 Å². The van der Waals surface area contributed by atoms with Crippen LogP contribution < -0.4 is 4.74 Å². The van der Waals surface area contributed by atoms with Gasteiger partial charge in [-0.1, -0.05) is 32.0 Å². The number of carbonyl (C=O) groups excluding carboxylic acids is 1. The van der Waals surface area contributed by atoms with E-state index >= 15 is 0 Å². The molecule has 0 saturated carbocycles. The summed E-state index contributed by atoms with van der Waals surface area (Å²) in [7, 11) is 0. The summed E-state index contributed by atoms with van der Waals surface area (Å²) in [4.78, 5) is 16.0. The molecular formula is C19H22F3N3O2. The lowest BCUT2D eigenvalue weighted by molar-refractivity contribution is -0.274. The van der Waals surface area contributed by atoms with Gasteiger partial charge in [0.25, 0.3) is 0 Å². The second-order valence-electron chi connectivity index (χ2n) is 6.60. The van der Waals surface area contributed by atoms with Crippen molar-refractivity contribution in [3.05, 3.63) is 35.9 Å². The van der Waals surface area contributed by atoms with Crippen LogP contribution in [0.3, 0.4) is 0 Å². The van der Waals surface area contributed by atoms with E-state index in [0.29, 0.717) is 26.2 Å². The molecule has 1 aromatic rings. The summed E-state index contributed by atoms with van der Waals surface area (Å²) in [6.07, 6.45) is -2.22. The fourth-order valence-electron chi connectivity index (χ4n) is 2.98. The number of amides is 1. The van der Waals surface area contributed by atoms with Gasteiger partial charge in [0.15, 0.2) is 0 Å². The summed E-state index contributed by atoms with van der Waals surface area (Å²) in [5, 5.41) is 9.27. The Labute approximate surface area is 156 Å². The predicted molar refractivity (Wildman–Crippen MR) is 94.6 cm³/mol. The van der Waals surface area contributed by atoms with Crippen molar-refractivity contribution in [2.24, 2.45) is 5.92 Å². The molecule has 5 nitrogen and oxygen atoms in total. The highest BCUT2D eigenvalue weighted by molar-refractivity contribution is 5.92. The first-order valence-electron chi connectivity index (χ1n) is 8.66. The largest absolute Gasteiger partial charge is 0.573 e. The zero-order chi connectivity index (χ0) is 20.0. The number of hydrogen-bond donors (Lipinski definition) is 0. The minimum atomic E-state index is -4.79. The lowest BCUT2D eigenvalue weighted by Crippen LogP contribution is -2.52. The Morgan fingerprint density at radius 2 is 1.85 bits per heavy atom. The van der Waals surface area contributed by atoms with Gasteiger partial charge in [0.1, 0.15) is 11.8 Å². The molecular weight excluding hydrogens is 359 g/mol. The molecule has 1 saturated heterocycles. The van der Waals surface area contributed by atoms with Crippen LogP contribution in [0.25, 0.3) is 6.08 Å². The predicted octanol–water partition coefficient (Wildman–Crippen LogP) is 3.29. The lowest BCUT2D eigenvalue weighted by Gasteiger charge is -2.37. The molecule has 1 amide bonds. The molecule has 1 aromatic carbocycles. The molecule has 1 fully saturated rings. The SMILES string of the molecule is CC(C)C(C#N)N1CCN(C(=O)/C=C/c2ccccc2OC(F)(F)F)CC1. The van der Waals surface area contributed by atoms with Crippen LogP contribution in [0, 0.1) is 17.2 Å². The maximum absolute atomic E-state index is 12.4. The molecule has 146 valence electrons. The maximum atomic E-state index is 12.4. The van der Waals surface area contributed by atoms with E-state index < -0.39 is 6.36 Å². The molecule has 8 heteroatoms. The number of ether oxygens (including phenoxy) is 1. The molecule has 0 radical (unpaired) electrons. The van der Waals surface area contributed by atoms with Crippen LogP contribution in [-0.4, -0.2) is 54.3 Å². The number of nitriles is 1. The van der Waals surface area contributed by atoms with Gasteiger partial charge in [0.05, 0.1) is 6.07 Å². The second-order valence-corrected chi connectivity index (χ2v) is 6.60. The number of rotatable bonds is 5. The molecule has 27 heavy (non-hydrogen) atoms. The number of benzene rings is 1. The first-order chi connectivity index (χ1) is 12.7. The first kappa shape index (κ1) is 20.8. The average Bonchev–Trinajstić information content (AvgIpc) is 2.60. The highest BCUT2D eigenvalue weighted by Crippen LogP contribution is 2.27. The van der Waals surface area contributed by atoms with Gasteiger partial charge in [-0.2, -0.15) is 5.26 Å². The normalized spacial score (nSPS) is 17.1. The summed E-state index contributed by atoms with van der Waals surface area (Å²) >= 11 is 0. The van der Waals surface area contributed by atoms with E-state index in [1.807, 2.05) is 18.7 Å². The third-order valence-electron chi connectivity index (χ3n) is 4.33. The second kappa shape index (κ2) is 8.91. The van der Waals surface area contributed by atoms with E-state index in [2.05, 4.69) is 10.8 Å². The fraction of sp³-hybridized carbons (Fsp3) is 0.474. The van der Waals surface area contributed by atoms with Crippen molar-refractivity contribution in [3.8, 4) is 11.8 Å². The Hall–Kier alpha value is -2.53. The molecule has 1 aliphatic heterocycles. The molecule has 0 aromatic heterocycles. The molecule has 1 unspecified atom stereocenters. The zero-order valence-electron chi connectivity index (χ0n) is 15.2. The molecule has 0 bridgehead atoms. The van der Waals surface area contributed by atoms with Gasteiger partial charge in [-0.25, -0.2) is 0 Å². The Morgan fingerprint density at radius 1 is 1.22 bits per heavy atom. The quantitative estimate of drug-likeness (QED) is 0.735. The number of halogens is 3. The molecule has 0 N–H and O–H groups in total. The van der Waals surface area contributed by atoms with Crippen molar-refractivity contribution >= 4 is 12.0 Å². The lowest BCUT2D eigenvalue weighted by atomic mass is 10.0. The number of nitrogens with zero attached hydrogens (tertiary/aromatic N) is 3. The van der Waals surface area contributed by atoms with Gasteiger partial charge >= 0.3 is 6.36 Å². The maximum Gasteiger partial charge on any atom is 0.573 e. The zero-order valence-corrected chi connectivity index (χ0v) is 15.2. The number of para-hydroxylation sites is 1. The average molecular weight is 381 g/mol. The number of hydrogen-bond acceptors (Lipinski definition) is 4.